The molecular weight excluding hydrogens is 346 g/mol. The van der Waals surface area contributed by atoms with Gasteiger partial charge in [0.2, 0.25) is 5.91 Å². The SMILES string of the molecule is CC(C)c1ccc(/C=C/C(=O)NCCN2CCN(c3ccccc3)CC2)cc1. The van der Waals surface area contributed by atoms with Crippen LogP contribution in [0.15, 0.2) is 60.7 Å². The molecule has 0 aromatic heterocycles. The standard InChI is InChI=1S/C24H31N3O/c1-20(2)22-11-8-21(9-12-22)10-13-24(28)25-14-15-26-16-18-27(19-17-26)23-6-4-3-5-7-23/h3-13,20H,14-19H2,1-2H3,(H,25,28)/b13-10+. The van der Waals surface area contributed by atoms with Crippen LogP contribution in [0.4, 0.5) is 5.69 Å². The second-order valence-electron chi connectivity index (χ2n) is 7.61. The van der Waals surface area contributed by atoms with Crippen LogP contribution in [0.3, 0.4) is 0 Å². The van der Waals surface area contributed by atoms with Crippen LogP contribution < -0.4 is 10.2 Å². The summed E-state index contributed by atoms with van der Waals surface area (Å²) in [5, 5.41) is 2.99. The largest absolute Gasteiger partial charge is 0.369 e. The molecule has 148 valence electrons. The zero-order chi connectivity index (χ0) is 19.8. The second kappa shape index (κ2) is 10.1. The number of para-hydroxylation sites is 1. The van der Waals surface area contributed by atoms with Crippen LogP contribution in [-0.2, 0) is 4.79 Å². The Morgan fingerprint density at radius 2 is 1.68 bits per heavy atom. The quantitative estimate of drug-likeness (QED) is 0.746. The number of rotatable bonds is 7. The minimum Gasteiger partial charge on any atom is -0.369 e. The highest BCUT2D eigenvalue weighted by molar-refractivity contribution is 5.91. The lowest BCUT2D eigenvalue weighted by Gasteiger charge is -2.36. The average Bonchev–Trinajstić information content (AvgIpc) is 2.74. The first kappa shape index (κ1) is 20.2. The molecule has 1 aliphatic rings. The van der Waals surface area contributed by atoms with Crippen molar-refractivity contribution in [2.45, 2.75) is 19.8 Å². The number of carbonyl (C=O) groups is 1. The Kier molecular flexibility index (Phi) is 7.26. The topological polar surface area (TPSA) is 35.6 Å². The Hall–Kier alpha value is -2.59. The average molecular weight is 378 g/mol. The predicted octanol–water partition coefficient (Wildman–Crippen LogP) is 3.76. The van der Waals surface area contributed by atoms with Crippen LogP contribution in [0.25, 0.3) is 6.08 Å². The van der Waals surface area contributed by atoms with E-state index in [-0.39, 0.29) is 5.91 Å². The number of nitrogens with zero attached hydrogens (tertiary/aromatic N) is 2. The number of carbonyl (C=O) groups excluding carboxylic acids is 1. The van der Waals surface area contributed by atoms with Crippen LogP contribution in [0.5, 0.6) is 0 Å². The maximum Gasteiger partial charge on any atom is 0.244 e. The maximum absolute atomic E-state index is 12.0. The summed E-state index contributed by atoms with van der Waals surface area (Å²) in [7, 11) is 0. The van der Waals surface area contributed by atoms with Gasteiger partial charge in [0.15, 0.2) is 0 Å². The van der Waals surface area contributed by atoms with Crippen molar-refractivity contribution in [3.63, 3.8) is 0 Å². The molecule has 3 rings (SSSR count). The first-order valence-electron chi connectivity index (χ1n) is 10.2. The Morgan fingerprint density at radius 3 is 2.32 bits per heavy atom. The summed E-state index contributed by atoms with van der Waals surface area (Å²) in [4.78, 5) is 16.9. The lowest BCUT2D eigenvalue weighted by molar-refractivity contribution is -0.116. The van der Waals surface area contributed by atoms with Crippen molar-refractivity contribution in [2.24, 2.45) is 0 Å². The van der Waals surface area contributed by atoms with Crippen molar-refractivity contribution in [1.29, 1.82) is 0 Å². The first-order valence-corrected chi connectivity index (χ1v) is 10.2. The highest BCUT2D eigenvalue weighted by atomic mass is 16.1. The van der Waals surface area contributed by atoms with Gasteiger partial charge in [0.05, 0.1) is 0 Å². The van der Waals surface area contributed by atoms with Gasteiger partial charge in [-0.2, -0.15) is 0 Å². The molecule has 2 aromatic carbocycles. The van der Waals surface area contributed by atoms with Gasteiger partial charge in [0.25, 0.3) is 0 Å². The van der Waals surface area contributed by atoms with Crippen molar-refractivity contribution >= 4 is 17.7 Å². The molecule has 1 aliphatic heterocycles. The summed E-state index contributed by atoms with van der Waals surface area (Å²) in [6.07, 6.45) is 3.50. The molecule has 1 fully saturated rings. The highest BCUT2D eigenvalue weighted by Gasteiger charge is 2.16. The Labute approximate surface area is 168 Å². The third kappa shape index (κ3) is 5.96. The van der Waals surface area contributed by atoms with Crippen molar-refractivity contribution < 1.29 is 4.79 Å². The van der Waals surface area contributed by atoms with Gasteiger partial charge in [-0.15, -0.1) is 0 Å². The molecule has 0 unspecified atom stereocenters. The van der Waals surface area contributed by atoms with Gasteiger partial charge in [0, 0.05) is 51.0 Å². The Balaban J connectivity index is 1.35. The van der Waals surface area contributed by atoms with E-state index in [2.05, 4.69) is 83.6 Å². The van der Waals surface area contributed by atoms with Crippen molar-refractivity contribution in [1.82, 2.24) is 10.2 Å². The van der Waals surface area contributed by atoms with Gasteiger partial charge in [-0.1, -0.05) is 56.3 Å². The van der Waals surface area contributed by atoms with E-state index >= 15 is 0 Å². The normalized spacial score (nSPS) is 15.3. The van der Waals surface area contributed by atoms with E-state index in [1.807, 2.05) is 6.08 Å². The molecule has 1 N–H and O–H groups in total. The number of amides is 1. The molecule has 1 heterocycles. The van der Waals surface area contributed by atoms with Crippen LogP contribution >= 0.6 is 0 Å². The fraction of sp³-hybridized carbons (Fsp3) is 0.375. The summed E-state index contributed by atoms with van der Waals surface area (Å²) in [5.74, 6) is 0.492. The molecule has 0 spiro atoms. The lowest BCUT2D eigenvalue weighted by Crippen LogP contribution is -2.48. The van der Waals surface area contributed by atoms with Gasteiger partial charge in [-0.3, -0.25) is 9.69 Å². The van der Waals surface area contributed by atoms with Gasteiger partial charge in [-0.05, 0) is 35.3 Å². The number of piperazine rings is 1. The van der Waals surface area contributed by atoms with Crippen molar-refractivity contribution in [3.05, 3.63) is 71.8 Å². The molecule has 0 bridgehead atoms. The number of hydrogen-bond donors (Lipinski definition) is 1. The summed E-state index contributed by atoms with van der Waals surface area (Å²) in [6, 6.07) is 18.9. The second-order valence-corrected chi connectivity index (χ2v) is 7.61. The minimum absolute atomic E-state index is 0.0316. The number of benzene rings is 2. The number of nitrogens with one attached hydrogen (secondary N) is 1. The van der Waals surface area contributed by atoms with E-state index < -0.39 is 0 Å². The van der Waals surface area contributed by atoms with E-state index in [0.717, 1.165) is 38.3 Å². The van der Waals surface area contributed by atoms with Gasteiger partial charge < -0.3 is 10.2 Å². The molecular formula is C24H31N3O. The van der Waals surface area contributed by atoms with Gasteiger partial charge in [0.1, 0.15) is 0 Å². The highest BCUT2D eigenvalue weighted by Crippen LogP contribution is 2.16. The molecule has 0 radical (unpaired) electrons. The molecule has 1 saturated heterocycles. The number of hydrogen-bond acceptors (Lipinski definition) is 3. The van der Waals surface area contributed by atoms with Crippen LogP contribution in [0.1, 0.15) is 30.9 Å². The van der Waals surface area contributed by atoms with Crippen LogP contribution in [0, 0.1) is 0 Å². The van der Waals surface area contributed by atoms with Gasteiger partial charge in [-0.25, -0.2) is 0 Å². The third-order valence-electron chi connectivity index (χ3n) is 5.25. The maximum atomic E-state index is 12.0. The summed E-state index contributed by atoms with van der Waals surface area (Å²) >= 11 is 0. The van der Waals surface area contributed by atoms with Crippen LogP contribution in [-0.4, -0.2) is 50.1 Å². The smallest absolute Gasteiger partial charge is 0.244 e. The minimum atomic E-state index is -0.0316. The molecule has 1 amide bonds. The third-order valence-corrected chi connectivity index (χ3v) is 5.25. The fourth-order valence-electron chi connectivity index (χ4n) is 3.43. The number of anilines is 1. The van der Waals surface area contributed by atoms with E-state index in [9.17, 15) is 4.79 Å². The summed E-state index contributed by atoms with van der Waals surface area (Å²) < 4.78 is 0. The van der Waals surface area contributed by atoms with Gasteiger partial charge >= 0.3 is 0 Å². The zero-order valence-corrected chi connectivity index (χ0v) is 17.0. The molecule has 0 aliphatic carbocycles. The van der Waals surface area contributed by atoms with Crippen LogP contribution in [0.2, 0.25) is 0 Å². The fourth-order valence-corrected chi connectivity index (χ4v) is 3.43. The molecule has 0 atom stereocenters. The summed E-state index contributed by atoms with van der Waals surface area (Å²) in [5.41, 5.74) is 3.66. The predicted molar refractivity (Wildman–Crippen MR) is 118 cm³/mol. The van der Waals surface area contributed by atoms with E-state index in [1.165, 1.54) is 11.3 Å². The molecule has 4 heteroatoms. The van der Waals surface area contributed by atoms with E-state index in [1.54, 1.807) is 6.08 Å². The van der Waals surface area contributed by atoms with E-state index in [4.69, 9.17) is 0 Å². The lowest BCUT2D eigenvalue weighted by atomic mass is 10.0. The molecule has 0 saturated carbocycles. The summed E-state index contributed by atoms with van der Waals surface area (Å²) in [6.45, 7) is 10.1. The first-order chi connectivity index (χ1) is 13.6. The Bertz CT molecular complexity index is 760. The Morgan fingerprint density at radius 1 is 1.00 bits per heavy atom. The molecule has 28 heavy (non-hydrogen) atoms. The molecule has 2 aromatic rings. The zero-order valence-electron chi connectivity index (χ0n) is 17.0. The molecule has 4 nitrogen and oxygen atoms in total. The monoisotopic (exact) mass is 377 g/mol. The van der Waals surface area contributed by atoms with Crippen molar-refractivity contribution in [2.75, 3.05) is 44.2 Å². The van der Waals surface area contributed by atoms with Crippen molar-refractivity contribution in [3.8, 4) is 0 Å². The van der Waals surface area contributed by atoms with E-state index in [0.29, 0.717) is 12.5 Å².